The number of nitrogens with one attached hydrogen (secondary N) is 2. The zero-order valence-corrected chi connectivity index (χ0v) is 6.12. The van der Waals surface area contributed by atoms with Crippen molar-refractivity contribution in [1.82, 2.24) is 11.1 Å². The fourth-order valence-electron chi connectivity index (χ4n) is 0.345. The Morgan fingerprint density at radius 1 is 1.56 bits per heavy atom. The maximum atomic E-state index is 10.1. The predicted molar refractivity (Wildman–Crippen MR) is 35.9 cm³/mol. The molecule has 0 saturated carbocycles. The van der Waals surface area contributed by atoms with Gasteiger partial charge in [0.05, 0.1) is 6.54 Å². The first-order valence-electron chi connectivity index (χ1n) is 2.91. The van der Waals surface area contributed by atoms with Crippen molar-refractivity contribution >= 4 is 5.91 Å². The Balaban J connectivity index is 3.39. The van der Waals surface area contributed by atoms with Crippen LogP contribution in [0.2, 0.25) is 0 Å². The molecule has 1 radical (unpaired) electrons. The molecule has 9 heavy (non-hydrogen) atoms. The number of carbonyl (C=O) groups excluding carboxylic acids is 1. The highest BCUT2D eigenvalue weighted by molar-refractivity contribution is 5.75. The van der Waals surface area contributed by atoms with Gasteiger partial charge < -0.3 is 5.32 Å². The van der Waals surface area contributed by atoms with Crippen LogP contribution in [0.25, 0.3) is 0 Å². The van der Waals surface area contributed by atoms with Gasteiger partial charge in [0.25, 0.3) is 5.91 Å². The second kappa shape index (κ2) is 2.82. The van der Waals surface area contributed by atoms with Crippen LogP contribution in [0.4, 0.5) is 0 Å². The van der Waals surface area contributed by atoms with Crippen molar-refractivity contribution < 1.29 is 4.79 Å². The monoisotopic (exact) mass is 129 g/mol. The lowest BCUT2D eigenvalue weighted by molar-refractivity contribution is -0.118. The second-order valence-electron chi connectivity index (χ2n) is 3.03. The Labute approximate surface area is 55.6 Å². The Morgan fingerprint density at radius 3 is 2.11 bits per heavy atom. The lowest BCUT2D eigenvalue weighted by atomic mass is 10.1. The summed E-state index contributed by atoms with van der Waals surface area (Å²) in [5.74, 6) is -0.565. The number of hydrogen-bond donors (Lipinski definition) is 1. The molecule has 0 atom stereocenters. The van der Waals surface area contributed by atoms with Crippen molar-refractivity contribution in [3.05, 3.63) is 0 Å². The Kier molecular flexibility index (Phi) is 2.65. The summed E-state index contributed by atoms with van der Waals surface area (Å²) in [5.41, 5.74) is 6.50. The first-order valence-corrected chi connectivity index (χ1v) is 2.91. The summed E-state index contributed by atoms with van der Waals surface area (Å²) >= 11 is 0. The number of rotatable bonds is 2. The van der Waals surface area contributed by atoms with Crippen LogP contribution in [0.5, 0.6) is 0 Å². The summed E-state index contributed by atoms with van der Waals surface area (Å²) in [5, 5.41) is 2.88. The van der Waals surface area contributed by atoms with Crippen molar-refractivity contribution in [2.45, 2.75) is 26.3 Å². The SMILES string of the molecule is CC(C)(C)NCC([NH])=O. The first-order chi connectivity index (χ1) is 3.92. The summed E-state index contributed by atoms with van der Waals surface area (Å²) in [6.07, 6.45) is 0. The zero-order valence-electron chi connectivity index (χ0n) is 6.12. The van der Waals surface area contributed by atoms with Crippen LogP contribution < -0.4 is 11.1 Å². The molecule has 0 aromatic carbocycles. The molecule has 2 N–H and O–H groups in total. The van der Waals surface area contributed by atoms with Gasteiger partial charge in [0.1, 0.15) is 0 Å². The van der Waals surface area contributed by atoms with Crippen LogP contribution in [-0.2, 0) is 4.79 Å². The quantitative estimate of drug-likeness (QED) is 0.578. The van der Waals surface area contributed by atoms with Crippen LogP contribution in [0.15, 0.2) is 0 Å². The van der Waals surface area contributed by atoms with Crippen molar-refractivity contribution in [3.8, 4) is 0 Å². The average molecular weight is 129 g/mol. The van der Waals surface area contributed by atoms with Gasteiger partial charge in [-0.05, 0) is 20.8 Å². The molecule has 0 aromatic heterocycles. The third-order valence-electron chi connectivity index (χ3n) is 0.779. The van der Waals surface area contributed by atoms with Crippen LogP contribution in [0.1, 0.15) is 20.8 Å². The molecule has 3 nitrogen and oxygen atoms in total. The Bertz CT molecular complexity index is 104. The lowest BCUT2D eigenvalue weighted by Crippen LogP contribution is -2.39. The normalized spacial score (nSPS) is 11.4. The molecule has 0 spiro atoms. The van der Waals surface area contributed by atoms with Gasteiger partial charge in [-0.25, -0.2) is 0 Å². The van der Waals surface area contributed by atoms with Crippen LogP contribution >= 0.6 is 0 Å². The number of hydrogen-bond acceptors (Lipinski definition) is 2. The number of amides is 1. The lowest BCUT2D eigenvalue weighted by Gasteiger charge is -2.18. The van der Waals surface area contributed by atoms with Crippen LogP contribution in [0, 0.1) is 0 Å². The molecule has 0 fully saturated rings. The molecule has 1 amide bonds. The molecule has 0 heterocycles. The van der Waals surface area contributed by atoms with E-state index in [1.807, 2.05) is 20.8 Å². The Morgan fingerprint density at radius 2 is 2.00 bits per heavy atom. The van der Waals surface area contributed by atoms with Gasteiger partial charge in [-0.3, -0.25) is 10.5 Å². The van der Waals surface area contributed by atoms with Crippen LogP contribution in [0.3, 0.4) is 0 Å². The first kappa shape index (κ1) is 8.43. The third-order valence-corrected chi connectivity index (χ3v) is 0.779. The van der Waals surface area contributed by atoms with Gasteiger partial charge in [-0.15, -0.1) is 0 Å². The van der Waals surface area contributed by atoms with Crippen molar-refractivity contribution in [2.75, 3.05) is 6.54 Å². The maximum Gasteiger partial charge on any atom is 0.252 e. The highest BCUT2D eigenvalue weighted by Crippen LogP contribution is 1.96. The average Bonchev–Trinajstić information content (AvgIpc) is 1.59. The molecular formula is C6H13N2O. The van der Waals surface area contributed by atoms with Gasteiger partial charge in [0.2, 0.25) is 0 Å². The molecule has 0 bridgehead atoms. The molecule has 3 heteroatoms. The van der Waals surface area contributed by atoms with Gasteiger partial charge >= 0.3 is 0 Å². The maximum absolute atomic E-state index is 10.1. The minimum Gasteiger partial charge on any atom is -0.304 e. The summed E-state index contributed by atoms with van der Waals surface area (Å²) in [7, 11) is 0. The highest BCUT2D eigenvalue weighted by Gasteiger charge is 2.08. The van der Waals surface area contributed by atoms with Crippen molar-refractivity contribution in [2.24, 2.45) is 0 Å². The van der Waals surface area contributed by atoms with E-state index in [0.717, 1.165) is 0 Å². The predicted octanol–water partition coefficient (Wildman–Crippen LogP) is 0.184. The van der Waals surface area contributed by atoms with E-state index in [-0.39, 0.29) is 12.1 Å². The van der Waals surface area contributed by atoms with Gasteiger partial charge in [0.15, 0.2) is 0 Å². The molecule has 0 aliphatic rings. The van der Waals surface area contributed by atoms with Gasteiger partial charge in [-0.1, -0.05) is 0 Å². The molecular weight excluding hydrogens is 116 g/mol. The van der Waals surface area contributed by atoms with E-state index in [4.69, 9.17) is 5.73 Å². The van der Waals surface area contributed by atoms with E-state index in [0.29, 0.717) is 0 Å². The van der Waals surface area contributed by atoms with Gasteiger partial charge in [-0.2, -0.15) is 0 Å². The minimum absolute atomic E-state index is 0.0588. The summed E-state index contributed by atoms with van der Waals surface area (Å²) in [6, 6.07) is 0. The Hall–Kier alpha value is -0.570. The summed E-state index contributed by atoms with van der Waals surface area (Å²) < 4.78 is 0. The smallest absolute Gasteiger partial charge is 0.252 e. The molecule has 0 saturated heterocycles. The zero-order chi connectivity index (χ0) is 7.49. The standard InChI is InChI=1S/C6H13N2O/c1-6(2,3)8-4-5(7)9/h7-8H,4H2,1-3H3. The van der Waals surface area contributed by atoms with E-state index in [9.17, 15) is 4.79 Å². The van der Waals surface area contributed by atoms with E-state index >= 15 is 0 Å². The van der Waals surface area contributed by atoms with Gasteiger partial charge in [0, 0.05) is 5.54 Å². The molecule has 0 rings (SSSR count). The van der Waals surface area contributed by atoms with E-state index in [1.165, 1.54) is 0 Å². The summed E-state index contributed by atoms with van der Waals surface area (Å²) in [4.78, 5) is 10.1. The molecule has 0 unspecified atom stereocenters. The van der Waals surface area contributed by atoms with Crippen LogP contribution in [-0.4, -0.2) is 18.0 Å². The topological polar surface area (TPSA) is 52.9 Å². The molecule has 0 aliphatic heterocycles. The van der Waals surface area contributed by atoms with E-state index in [1.54, 1.807) is 0 Å². The highest BCUT2D eigenvalue weighted by atomic mass is 16.1. The molecule has 0 aromatic rings. The fourth-order valence-corrected chi connectivity index (χ4v) is 0.345. The summed E-state index contributed by atoms with van der Waals surface area (Å²) in [6.45, 7) is 6.01. The van der Waals surface area contributed by atoms with Crippen molar-refractivity contribution in [1.29, 1.82) is 0 Å². The van der Waals surface area contributed by atoms with E-state index < -0.39 is 5.91 Å². The van der Waals surface area contributed by atoms with Crippen molar-refractivity contribution in [3.63, 3.8) is 0 Å². The molecule has 53 valence electrons. The third kappa shape index (κ3) is 7.43. The number of carbonyl (C=O) groups is 1. The second-order valence-corrected chi connectivity index (χ2v) is 3.03. The fraction of sp³-hybridized carbons (Fsp3) is 0.833. The molecule has 0 aliphatic carbocycles. The van der Waals surface area contributed by atoms with E-state index in [2.05, 4.69) is 5.32 Å². The minimum atomic E-state index is -0.565. The largest absolute Gasteiger partial charge is 0.304 e.